The number of aromatic amines is 1. The van der Waals surface area contributed by atoms with Gasteiger partial charge in [0, 0.05) is 18.4 Å². The maximum absolute atomic E-state index is 11.5. The lowest BCUT2D eigenvalue weighted by Crippen LogP contribution is -2.22. The van der Waals surface area contributed by atoms with Crippen molar-refractivity contribution in [3.8, 4) is 0 Å². The van der Waals surface area contributed by atoms with Gasteiger partial charge < -0.3 is 9.88 Å². The number of nitrogens with zero attached hydrogens (tertiary/aromatic N) is 2. The highest BCUT2D eigenvalue weighted by atomic mass is 32.2. The lowest BCUT2D eigenvalue weighted by molar-refractivity contribution is 0.587. The largest absolute Gasteiger partial charge is 0.366 e. The fourth-order valence-electron chi connectivity index (χ4n) is 2.05. The van der Waals surface area contributed by atoms with Gasteiger partial charge in [-0.25, -0.2) is 18.1 Å². The van der Waals surface area contributed by atoms with E-state index < -0.39 is 10.0 Å². The lowest BCUT2D eigenvalue weighted by atomic mass is 10.2. The number of hydrogen-bond acceptors (Lipinski definition) is 4. The molecule has 0 saturated heterocycles. The summed E-state index contributed by atoms with van der Waals surface area (Å²) in [6.45, 7) is 3.64. The van der Waals surface area contributed by atoms with Crippen LogP contribution in [-0.2, 0) is 22.3 Å². The molecule has 2 rings (SSSR count). The van der Waals surface area contributed by atoms with Gasteiger partial charge in [0.25, 0.3) is 0 Å². The first-order chi connectivity index (χ1) is 10.0. The molecule has 1 aromatic heterocycles. The number of aromatic nitrogens is 2. The Hall–Kier alpha value is -1.86. The number of anilines is 1. The molecule has 0 saturated carbocycles. The second kappa shape index (κ2) is 6.73. The molecule has 21 heavy (non-hydrogen) atoms. The van der Waals surface area contributed by atoms with Crippen LogP contribution in [0.3, 0.4) is 0 Å². The van der Waals surface area contributed by atoms with Gasteiger partial charge >= 0.3 is 0 Å². The minimum atomic E-state index is -3.23. The van der Waals surface area contributed by atoms with Crippen LogP contribution in [0.15, 0.2) is 36.8 Å². The number of sulfonamides is 1. The highest BCUT2D eigenvalue weighted by Gasteiger charge is 2.10. The molecular weight excluding hydrogens is 288 g/mol. The minimum Gasteiger partial charge on any atom is -0.366 e. The molecule has 0 fully saturated rings. The Kier molecular flexibility index (Phi) is 4.98. The molecule has 1 heterocycles. The summed E-state index contributed by atoms with van der Waals surface area (Å²) in [5.41, 5.74) is 2.79. The number of benzene rings is 1. The van der Waals surface area contributed by atoms with Crippen LogP contribution in [-0.4, -0.2) is 32.0 Å². The van der Waals surface area contributed by atoms with Gasteiger partial charge in [-0.1, -0.05) is 12.1 Å². The fourth-order valence-corrected chi connectivity index (χ4v) is 2.83. The Bertz CT molecular complexity index is 651. The van der Waals surface area contributed by atoms with E-state index in [1.165, 1.54) is 7.05 Å². The van der Waals surface area contributed by atoms with E-state index in [-0.39, 0.29) is 5.75 Å². The van der Waals surface area contributed by atoms with E-state index >= 15 is 0 Å². The molecule has 0 amide bonds. The third kappa shape index (κ3) is 4.30. The molecule has 2 aromatic rings. The molecule has 0 aliphatic carbocycles. The average Bonchev–Trinajstić information content (AvgIpc) is 2.98. The molecule has 0 aliphatic heterocycles. The quantitative estimate of drug-likeness (QED) is 0.812. The van der Waals surface area contributed by atoms with Gasteiger partial charge in [-0.3, -0.25) is 0 Å². The fraction of sp³-hybridized carbons (Fsp3) is 0.357. The normalized spacial score (nSPS) is 11.5. The molecule has 0 bridgehead atoms. The molecule has 2 N–H and O–H groups in total. The zero-order valence-electron chi connectivity index (χ0n) is 12.2. The Morgan fingerprint density at radius 1 is 1.29 bits per heavy atom. The second-order valence-electron chi connectivity index (χ2n) is 4.70. The van der Waals surface area contributed by atoms with Crippen molar-refractivity contribution in [1.82, 2.24) is 14.7 Å². The van der Waals surface area contributed by atoms with Crippen molar-refractivity contribution < 1.29 is 8.42 Å². The SMILES string of the molecule is CCN(Cc1c[nH]cn1)c1ccc(CS(=O)(=O)NC)cc1. The number of H-pyrrole nitrogens is 1. The van der Waals surface area contributed by atoms with Crippen LogP contribution < -0.4 is 9.62 Å². The first-order valence-electron chi connectivity index (χ1n) is 6.77. The lowest BCUT2D eigenvalue weighted by Gasteiger charge is -2.22. The van der Waals surface area contributed by atoms with E-state index in [0.29, 0.717) is 6.54 Å². The third-order valence-corrected chi connectivity index (χ3v) is 4.59. The molecule has 114 valence electrons. The summed E-state index contributed by atoms with van der Waals surface area (Å²) in [7, 11) is -1.81. The van der Waals surface area contributed by atoms with Gasteiger partial charge in [0.05, 0.1) is 24.3 Å². The Morgan fingerprint density at radius 2 is 2.00 bits per heavy atom. The van der Waals surface area contributed by atoms with E-state index in [1.807, 2.05) is 30.5 Å². The van der Waals surface area contributed by atoms with Crippen LogP contribution in [0.25, 0.3) is 0 Å². The summed E-state index contributed by atoms with van der Waals surface area (Å²) in [5, 5.41) is 0. The minimum absolute atomic E-state index is 0.00469. The summed E-state index contributed by atoms with van der Waals surface area (Å²) < 4.78 is 25.4. The Balaban J connectivity index is 2.09. The molecular formula is C14H20N4O2S. The van der Waals surface area contributed by atoms with Crippen molar-refractivity contribution in [1.29, 1.82) is 0 Å². The Morgan fingerprint density at radius 3 is 2.52 bits per heavy atom. The van der Waals surface area contributed by atoms with Gasteiger partial charge in [0.15, 0.2) is 0 Å². The van der Waals surface area contributed by atoms with Crippen LogP contribution in [0.5, 0.6) is 0 Å². The first-order valence-corrected chi connectivity index (χ1v) is 8.42. The first kappa shape index (κ1) is 15.5. The maximum Gasteiger partial charge on any atom is 0.215 e. The van der Waals surface area contributed by atoms with Crippen LogP contribution in [0.4, 0.5) is 5.69 Å². The molecule has 0 atom stereocenters. The highest BCUT2D eigenvalue weighted by Crippen LogP contribution is 2.18. The van der Waals surface area contributed by atoms with Crippen molar-refractivity contribution in [2.45, 2.75) is 19.2 Å². The summed E-state index contributed by atoms with van der Waals surface area (Å²) in [5.74, 6) is -0.00469. The number of hydrogen-bond donors (Lipinski definition) is 2. The van der Waals surface area contributed by atoms with Crippen molar-refractivity contribution in [3.63, 3.8) is 0 Å². The molecule has 1 aromatic carbocycles. The van der Waals surface area contributed by atoms with Crippen LogP contribution in [0, 0.1) is 0 Å². The topological polar surface area (TPSA) is 78.1 Å². The van der Waals surface area contributed by atoms with Crippen molar-refractivity contribution in [2.24, 2.45) is 0 Å². The van der Waals surface area contributed by atoms with Gasteiger partial charge in [-0.05, 0) is 31.7 Å². The summed E-state index contributed by atoms with van der Waals surface area (Å²) in [6.07, 6.45) is 3.53. The second-order valence-corrected chi connectivity index (χ2v) is 6.63. The molecule has 0 unspecified atom stereocenters. The highest BCUT2D eigenvalue weighted by molar-refractivity contribution is 7.88. The van der Waals surface area contributed by atoms with E-state index in [0.717, 1.165) is 23.5 Å². The van der Waals surface area contributed by atoms with Gasteiger partial charge in [0.2, 0.25) is 10.0 Å². The number of rotatable bonds is 7. The number of nitrogens with one attached hydrogen (secondary N) is 2. The van der Waals surface area contributed by atoms with E-state index in [9.17, 15) is 8.42 Å². The van der Waals surface area contributed by atoms with Crippen molar-refractivity contribution >= 4 is 15.7 Å². The molecule has 7 heteroatoms. The average molecular weight is 308 g/mol. The zero-order valence-corrected chi connectivity index (χ0v) is 13.0. The molecule has 0 aliphatic rings. The molecule has 6 nitrogen and oxygen atoms in total. The predicted molar refractivity (Wildman–Crippen MR) is 83.4 cm³/mol. The predicted octanol–water partition coefficient (Wildman–Crippen LogP) is 1.49. The zero-order chi connectivity index (χ0) is 15.3. The monoisotopic (exact) mass is 308 g/mol. The third-order valence-electron chi connectivity index (χ3n) is 3.26. The number of imidazole rings is 1. The summed E-state index contributed by atoms with van der Waals surface area (Å²) >= 11 is 0. The van der Waals surface area contributed by atoms with Crippen molar-refractivity contribution in [2.75, 3.05) is 18.5 Å². The van der Waals surface area contributed by atoms with Crippen LogP contribution in [0.2, 0.25) is 0 Å². The maximum atomic E-state index is 11.5. The standard InChI is InChI=1S/C14H20N4O2S/c1-3-18(9-13-8-16-11-17-13)14-6-4-12(5-7-14)10-21(19,20)15-2/h4-8,11,15H,3,9-10H2,1-2H3,(H,16,17). The van der Waals surface area contributed by atoms with Gasteiger partial charge in [0.1, 0.15) is 0 Å². The summed E-state index contributed by atoms with van der Waals surface area (Å²) in [4.78, 5) is 9.34. The molecule has 0 radical (unpaired) electrons. The molecule has 0 spiro atoms. The Labute approximate surface area is 125 Å². The van der Waals surface area contributed by atoms with Gasteiger partial charge in [-0.15, -0.1) is 0 Å². The van der Waals surface area contributed by atoms with E-state index in [2.05, 4.69) is 26.5 Å². The van der Waals surface area contributed by atoms with E-state index in [1.54, 1.807) is 6.33 Å². The summed E-state index contributed by atoms with van der Waals surface area (Å²) in [6, 6.07) is 7.57. The van der Waals surface area contributed by atoms with Crippen LogP contribution >= 0.6 is 0 Å². The van der Waals surface area contributed by atoms with Crippen LogP contribution in [0.1, 0.15) is 18.2 Å². The van der Waals surface area contributed by atoms with Crippen molar-refractivity contribution in [3.05, 3.63) is 48.0 Å². The van der Waals surface area contributed by atoms with E-state index in [4.69, 9.17) is 0 Å². The smallest absolute Gasteiger partial charge is 0.215 e. The van der Waals surface area contributed by atoms with Gasteiger partial charge in [-0.2, -0.15) is 0 Å².